The van der Waals surface area contributed by atoms with Crippen molar-refractivity contribution in [1.29, 1.82) is 0 Å². The Bertz CT molecular complexity index is 1450. The number of amides is 1. The van der Waals surface area contributed by atoms with Crippen LogP contribution >= 0.6 is 11.3 Å². The second-order valence-electron chi connectivity index (χ2n) is 12.4. The summed E-state index contributed by atoms with van der Waals surface area (Å²) in [5.74, 6) is 1.09. The number of hydrogen-bond acceptors (Lipinski definition) is 5. The molecule has 3 aromatic rings. The van der Waals surface area contributed by atoms with E-state index < -0.39 is 11.7 Å². The molecular formula is C29H32F3N5OS. The number of fused-ring (bicyclic) bond motifs is 1. The van der Waals surface area contributed by atoms with Crippen molar-refractivity contribution in [3.05, 3.63) is 63.5 Å². The van der Waals surface area contributed by atoms with E-state index in [0.717, 1.165) is 49.5 Å². The van der Waals surface area contributed by atoms with Crippen LogP contribution in [0.5, 0.6) is 0 Å². The summed E-state index contributed by atoms with van der Waals surface area (Å²) in [6, 6.07) is 6.89. The fraction of sp³-hybridized carbons (Fsp3) is 0.552. The molecule has 39 heavy (non-hydrogen) atoms. The summed E-state index contributed by atoms with van der Waals surface area (Å²) in [7, 11) is 1.95. The Kier molecular flexibility index (Phi) is 5.59. The van der Waals surface area contributed by atoms with Crippen LogP contribution in [0.1, 0.15) is 83.2 Å². The zero-order valence-corrected chi connectivity index (χ0v) is 23.0. The zero-order valence-electron chi connectivity index (χ0n) is 22.2. The number of carbonyl (C=O) groups excluding carboxylic acids is 1. The summed E-state index contributed by atoms with van der Waals surface area (Å²) in [5, 5.41) is 9.25. The van der Waals surface area contributed by atoms with E-state index in [2.05, 4.69) is 22.0 Å². The molecule has 4 heterocycles. The summed E-state index contributed by atoms with van der Waals surface area (Å²) in [4.78, 5) is 18.5. The highest BCUT2D eigenvalue weighted by Crippen LogP contribution is 2.71. The highest BCUT2D eigenvalue weighted by Gasteiger charge is 2.64. The molecule has 1 saturated heterocycles. The maximum absolute atomic E-state index is 14.3. The van der Waals surface area contributed by atoms with E-state index in [4.69, 9.17) is 0 Å². The third-order valence-corrected chi connectivity index (χ3v) is 10.6. The maximum Gasteiger partial charge on any atom is 0.416 e. The highest BCUT2D eigenvalue weighted by atomic mass is 32.1. The van der Waals surface area contributed by atoms with Gasteiger partial charge in [-0.05, 0) is 91.8 Å². The largest absolute Gasteiger partial charge is 0.416 e. The van der Waals surface area contributed by atoms with Crippen molar-refractivity contribution < 1.29 is 18.0 Å². The first-order valence-corrected chi connectivity index (χ1v) is 14.6. The minimum Gasteiger partial charge on any atom is -0.320 e. The van der Waals surface area contributed by atoms with Gasteiger partial charge in [0.1, 0.15) is 12.2 Å². The Morgan fingerprint density at radius 1 is 1.18 bits per heavy atom. The number of anilines is 1. The van der Waals surface area contributed by atoms with Crippen LogP contribution in [-0.4, -0.2) is 38.7 Å². The first-order chi connectivity index (χ1) is 18.6. The molecule has 0 N–H and O–H groups in total. The first-order valence-electron chi connectivity index (χ1n) is 13.8. The Morgan fingerprint density at radius 3 is 2.64 bits per heavy atom. The van der Waals surface area contributed by atoms with E-state index in [0.29, 0.717) is 28.4 Å². The topological polar surface area (TPSA) is 54.3 Å². The molecule has 0 radical (unpaired) electrons. The number of hydrogen-bond donors (Lipinski definition) is 0. The van der Waals surface area contributed by atoms with Gasteiger partial charge in [-0.15, -0.1) is 21.5 Å². The Balaban J connectivity index is 1.20. The second-order valence-corrected chi connectivity index (χ2v) is 13.4. The number of thiophene rings is 1. The Hall–Kier alpha value is -2.72. The SMILES string of the molecule is C[C@H]1CCCN(Cc2cc3c(c(C(F)(F)F)c2)CN(c2ccc(C4(c5nncn5C)CC5(CC5)C4)s2)C3=O)C1. The molecule has 1 aromatic carbocycles. The molecule has 7 rings (SSSR count). The van der Waals surface area contributed by atoms with Gasteiger partial charge in [0.25, 0.3) is 5.91 Å². The summed E-state index contributed by atoms with van der Waals surface area (Å²) in [5.41, 5.74) is 0.279. The molecule has 1 atom stereocenters. The van der Waals surface area contributed by atoms with Crippen LogP contribution in [0.25, 0.3) is 0 Å². The number of alkyl halides is 3. The smallest absolute Gasteiger partial charge is 0.320 e. The average molecular weight is 556 g/mol. The van der Waals surface area contributed by atoms with Crippen molar-refractivity contribution in [2.75, 3.05) is 18.0 Å². The Morgan fingerprint density at radius 2 is 1.97 bits per heavy atom. The predicted octanol–water partition coefficient (Wildman–Crippen LogP) is 6.15. The number of piperidine rings is 1. The van der Waals surface area contributed by atoms with Crippen molar-refractivity contribution in [2.45, 2.75) is 70.1 Å². The highest BCUT2D eigenvalue weighted by molar-refractivity contribution is 7.16. The molecule has 1 spiro atoms. The zero-order chi connectivity index (χ0) is 27.2. The number of aromatic nitrogens is 3. The van der Waals surface area contributed by atoms with E-state index >= 15 is 0 Å². The van der Waals surface area contributed by atoms with E-state index in [1.807, 2.05) is 23.7 Å². The third kappa shape index (κ3) is 4.13. The molecule has 3 fully saturated rings. The average Bonchev–Trinajstić information content (AvgIpc) is 3.15. The van der Waals surface area contributed by atoms with Gasteiger partial charge in [0.15, 0.2) is 0 Å². The summed E-state index contributed by atoms with van der Waals surface area (Å²) in [6.45, 7) is 4.28. The lowest BCUT2D eigenvalue weighted by atomic mass is 9.58. The second kappa shape index (κ2) is 8.64. The number of rotatable bonds is 5. The molecular weight excluding hydrogens is 523 g/mol. The number of carbonyl (C=O) groups is 1. The van der Waals surface area contributed by atoms with Crippen LogP contribution in [0.4, 0.5) is 18.2 Å². The van der Waals surface area contributed by atoms with Crippen LogP contribution in [0, 0.1) is 11.3 Å². The lowest BCUT2D eigenvalue weighted by Crippen LogP contribution is -2.44. The van der Waals surface area contributed by atoms with Crippen molar-refractivity contribution in [2.24, 2.45) is 18.4 Å². The number of likely N-dealkylation sites (tertiary alicyclic amines) is 1. The van der Waals surface area contributed by atoms with Crippen LogP contribution in [0.2, 0.25) is 0 Å². The van der Waals surface area contributed by atoms with E-state index in [9.17, 15) is 18.0 Å². The van der Waals surface area contributed by atoms with Crippen LogP contribution < -0.4 is 4.90 Å². The molecule has 0 bridgehead atoms. The van der Waals surface area contributed by atoms with Crippen molar-refractivity contribution in [1.82, 2.24) is 19.7 Å². The van der Waals surface area contributed by atoms with Crippen molar-refractivity contribution >= 4 is 22.2 Å². The third-order valence-electron chi connectivity index (χ3n) is 9.33. The number of halogens is 3. The van der Waals surface area contributed by atoms with Gasteiger partial charge in [0.05, 0.1) is 22.5 Å². The van der Waals surface area contributed by atoms with Gasteiger partial charge >= 0.3 is 6.18 Å². The van der Waals surface area contributed by atoms with Gasteiger partial charge in [-0.25, -0.2) is 0 Å². The molecule has 10 heteroatoms. The molecule has 1 amide bonds. The first kappa shape index (κ1) is 25.3. The number of aryl methyl sites for hydroxylation is 1. The normalized spacial score (nSPS) is 23.8. The quantitative estimate of drug-likeness (QED) is 0.379. The van der Waals surface area contributed by atoms with E-state index in [1.54, 1.807) is 12.4 Å². The molecule has 2 aliphatic heterocycles. The van der Waals surface area contributed by atoms with Gasteiger partial charge in [-0.1, -0.05) is 6.92 Å². The molecule has 0 unspecified atom stereocenters. The molecule has 4 aliphatic rings. The summed E-state index contributed by atoms with van der Waals surface area (Å²) in [6.07, 6.45) is 3.82. The van der Waals surface area contributed by atoms with Crippen molar-refractivity contribution in [3.8, 4) is 0 Å². The predicted molar refractivity (Wildman–Crippen MR) is 143 cm³/mol. The van der Waals surface area contributed by atoms with Gasteiger partial charge in [0, 0.05) is 30.6 Å². The fourth-order valence-corrected chi connectivity index (χ4v) is 8.51. The Labute approximate surface area is 229 Å². The monoisotopic (exact) mass is 555 g/mol. The van der Waals surface area contributed by atoms with Crippen LogP contribution in [-0.2, 0) is 31.7 Å². The van der Waals surface area contributed by atoms with Gasteiger partial charge < -0.3 is 4.57 Å². The van der Waals surface area contributed by atoms with Crippen LogP contribution in [0.15, 0.2) is 30.6 Å². The van der Waals surface area contributed by atoms with Crippen molar-refractivity contribution in [3.63, 3.8) is 0 Å². The van der Waals surface area contributed by atoms with Crippen LogP contribution in [0.3, 0.4) is 0 Å². The number of nitrogens with zero attached hydrogens (tertiary/aromatic N) is 5. The van der Waals surface area contributed by atoms with Gasteiger partial charge in [0.2, 0.25) is 0 Å². The fourth-order valence-electron chi connectivity index (χ4n) is 7.33. The summed E-state index contributed by atoms with van der Waals surface area (Å²) < 4.78 is 44.7. The van der Waals surface area contributed by atoms with E-state index in [-0.39, 0.29) is 29.0 Å². The molecule has 206 valence electrons. The molecule has 2 aromatic heterocycles. The van der Waals surface area contributed by atoms with Gasteiger partial charge in [-0.3, -0.25) is 14.6 Å². The lowest BCUT2D eigenvalue weighted by Gasteiger charge is -2.47. The molecule has 6 nitrogen and oxygen atoms in total. The summed E-state index contributed by atoms with van der Waals surface area (Å²) >= 11 is 1.50. The molecule has 2 saturated carbocycles. The minimum absolute atomic E-state index is 0.0646. The number of benzene rings is 1. The minimum atomic E-state index is -4.52. The maximum atomic E-state index is 14.3. The lowest BCUT2D eigenvalue weighted by molar-refractivity contribution is -0.138. The molecule has 2 aliphatic carbocycles. The van der Waals surface area contributed by atoms with Gasteiger partial charge in [-0.2, -0.15) is 13.2 Å². The van der Waals surface area contributed by atoms with E-state index in [1.165, 1.54) is 35.1 Å². The standard InChI is InChI=1S/C29H32F3N5OS/c1-18-4-3-9-36(12-18)13-19-10-20-21(22(11-19)29(30,31)32)14-37(25(20)38)24-6-5-23(39-24)28(15-27(16-28)7-8-27)26-34-33-17-35(26)2/h5-6,10-11,17-18H,3-4,7-9,12-16H2,1-2H3/t18-/m0/s1.